The third-order valence-electron chi connectivity index (χ3n) is 5.79. The Labute approximate surface area is 193 Å². The lowest BCUT2D eigenvalue weighted by Gasteiger charge is -2.19. The normalized spacial score (nSPS) is 17.8. The summed E-state index contributed by atoms with van der Waals surface area (Å²) in [4.78, 5) is 14.3. The van der Waals surface area contributed by atoms with Gasteiger partial charge >= 0.3 is 0 Å². The molecule has 1 aromatic heterocycles. The van der Waals surface area contributed by atoms with Crippen molar-refractivity contribution in [3.05, 3.63) is 64.9 Å². The topological polar surface area (TPSA) is 76.3 Å². The highest BCUT2D eigenvalue weighted by Gasteiger charge is 2.29. The fraction of sp³-hybridized carbons (Fsp3) is 0.391. The monoisotopic (exact) mass is 472 g/mol. The SMILES string of the molecule is CN(CC(=O)NC1CCS(=O)(=O)C1)Cn1c(=S)n(CCc2ccccc2)c2ccccc21. The van der Waals surface area contributed by atoms with Gasteiger partial charge in [-0.15, -0.1) is 0 Å². The van der Waals surface area contributed by atoms with E-state index in [-0.39, 0.29) is 30.0 Å². The molecule has 0 radical (unpaired) electrons. The van der Waals surface area contributed by atoms with E-state index in [9.17, 15) is 13.2 Å². The molecule has 0 aliphatic carbocycles. The van der Waals surface area contributed by atoms with Crippen LogP contribution in [0.1, 0.15) is 12.0 Å². The van der Waals surface area contributed by atoms with E-state index in [2.05, 4.69) is 28.1 Å². The molecule has 1 unspecified atom stereocenters. The van der Waals surface area contributed by atoms with Gasteiger partial charge in [0.05, 0.1) is 35.8 Å². The van der Waals surface area contributed by atoms with E-state index in [0.29, 0.717) is 13.1 Å². The number of benzene rings is 2. The van der Waals surface area contributed by atoms with Crippen LogP contribution in [0.5, 0.6) is 0 Å². The molecule has 1 N–H and O–H groups in total. The molecule has 1 fully saturated rings. The molecule has 1 amide bonds. The largest absolute Gasteiger partial charge is 0.351 e. The number of carbonyl (C=O) groups excluding carboxylic acids is 1. The maximum absolute atomic E-state index is 12.4. The van der Waals surface area contributed by atoms with Crippen LogP contribution in [-0.4, -0.2) is 59.5 Å². The van der Waals surface area contributed by atoms with Crippen molar-refractivity contribution in [2.24, 2.45) is 0 Å². The zero-order chi connectivity index (χ0) is 22.7. The Hall–Kier alpha value is -2.49. The van der Waals surface area contributed by atoms with Gasteiger partial charge in [-0.2, -0.15) is 0 Å². The van der Waals surface area contributed by atoms with Crippen molar-refractivity contribution in [1.82, 2.24) is 19.4 Å². The van der Waals surface area contributed by atoms with Crippen molar-refractivity contribution < 1.29 is 13.2 Å². The molecule has 2 heterocycles. The molecule has 1 saturated heterocycles. The maximum atomic E-state index is 12.4. The molecular weight excluding hydrogens is 444 g/mol. The van der Waals surface area contributed by atoms with Crippen molar-refractivity contribution in [2.45, 2.75) is 32.1 Å². The van der Waals surface area contributed by atoms with E-state index in [1.807, 2.05) is 52.9 Å². The molecule has 0 saturated carbocycles. The van der Waals surface area contributed by atoms with E-state index < -0.39 is 9.84 Å². The fourth-order valence-corrected chi connectivity index (χ4v) is 6.25. The number of amides is 1. The van der Waals surface area contributed by atoms with Crippen LogP contribution in [0.25, 0.3) is 11.0 Å². The molecule has 32 heavy (non-hydrogen) atoms. The summed E-state index contributed by atoms with van der Waals surface area (Å²) in [6.07, 6.45) is 1.36. The number of imidazole rings is 1. The number of para-hydroxylation sites is 2. The van der Waals surface area contributed by atoms with Gasteiger partial charge in [0.15, 0.2) is 14.6 Å². The summed E-state index contributed by atoms with van der Waals surface area (Å²) in [6, 6.07) is 18.1. The van der Waals surface area contributed by atoms with Gasteiger partial charge in [0, 0.05) is 12.6 Å². The number of nitrogens with one attached hydrogen (secondary N) is 1. The van der Waals surface area contributed by atoms with Crippen LogP contribution in [0.2, 0.25) is 0 Å². The van der Waals surface area contributed by atoms with Gasteiger partial charge in [-0.25, -0.2) is 8.42 Å². The zero-order valence-electron chi connectivity index (χ0n) is 18.1. The number of hydrogen-bond acceptors (Lipinski definition) is 5. The average molecular weight is 473 g/mol. The minimum Gasteiger partial charge on any atom is -0.351 e. The summed E-state index contributed by atoms with van der Waals surface area (Å²) in [5.41, 5.74) is 3.36. The predicted molar refractivity (Wildman–Crippen MR) is 129 cm³/mol. The van der Waals surface area contributed by atoms with Gasteiger partial charge in [-0.1, -0.05) is 42.5 Å². The Bertz CT molecular complexity index is 1270. The molecule has 1 aliphatic rings. The Morgan fingerprint density at radius 3 is 2.41 bits per heavy atom. The van der Waals surface area contributed by atoms with E-state index in [0.717, 1.165) is 28.8 Å². The summed E-state index contributed by atoms with van der Waals surface area (Å²) >= 11 is 5.81. The lowest BCUT2D eigenvalue weighted by atomic mass is 10.1. The molecule has 7 nitrogen and oxygen atoms in total. The van der Waals surface area contributed by atoms with Crippen LogP contribution < -0.4 is 5.32 Å². The number of nitrogens with zero attached hydrogens (tertiary/aromatic N) is 3. The Kier molecular flexibility index (Phi) is 6.78. The average Bonchev–Trinajstić information content (AvgIpc) is 3.23. The van der Waals surface area contributed by atoms with Crippen molar-refractivity contribution in [1.29, 1.82) is 0 Å². The van der Waals surface area contributed by atoms with E-state index in [1.165, 1.54) is 5.56 Å². The molecular formula is C23H28N4O3S2. The molecule has 0 spiro atoms. The number of carbonyl (C=O) groups is 1. The molecule has 170 valence electrons. The lowest BCUT2D eigenvalue weighted by Crippen LogP contribution is -2.41. The Morgan fingerprint density at radius 2 is 1.75 bits per heavy atom. The van der Waals surface area contributed by atoms with Crippen LogP contribution >= 0.6 is 12.2 Å². The fourth-order valence-electron chi connectivity index (χ4n) is 4.23. The van der Waals surface area contributed by atoms with Gasteiger partial charge < -0.3 is 14.5 Å². The van der Waals surface area contributed by atoms with Crippen LogP contribution in [0.4, 0.5) is 0 Å². The number of aromatic nitrogens is 2. The number of sulfone groups is 1. The number of hydrogen-bond donors (Lipinski definition) is 1. The summed E-state index contributed by atoms with van der Waals surface area (Å²) in [6.45, 7) is 1.41. The van der Waals surface area contributed by atoms with Crippen molar-refractivity contribution in [3.63, 3.8) is 0 Å². The first kappa shape index (κ1) is 22.7. The molecule has 1 atom stereocenters. The Morgan fingerprint density at radius 1 is 1.09 bits per heavy atom. The first-order chi connectivity index (χ1) is 15.3. The predicted octanol–water partition coefficient (Wildman–Crippen LogP) is 2.61. The second kappa shape index (κ2) is 9.56. The summed E-state index contributed by atoms with van der Waals surface area (Å²) in [5, 5.41) is 2.85. The molecule has 4 rings (SSSR count). The lowest BCUT2D eigenvalue weighted by molar-refractivity contribution is -0.122. The van der Waals surface area contributed by atoms with Gasteiger partial charge in [0.2, 0.25) is 5.91 Å². The minimum atomic E-state index is -3.02. The maximum Gasteiger partial charge on any atom is 0.234 e. The molecule has 2 aromatic carbocycles. The quantitative estimate of drug-likeness (QED) is 0.510. The summed E-state index contributed by atoms with van der Waals surface area (Å²) < 4.78 is 28.1. The highest BCUT2D eigenvalue weighted by atomic mass is 32.2. The van der Waals surface area contributed by atoms with Gasteiger partial charge in [-0.05, 0) is 49.8 Å². The highest BCUT2D eigenvalue weighted by molar-refractivity contribution is 7.91. The first-order valence-corrected chi connectivity index (χ1v) is 13.0. The van der Waals surface area contributed by atoms with E-state index >= 15 is 0 Å². The minimum absolute atomic E-state index is 0.0302. The third kappa shape index (κ3) is 5.28. The second-order valence-electron chi connectivity index (χ2n) is 8.41. The van der Waals surface area contributed by atoms with Crippen molar-refractivity contribution in [3.8, 4) is 0 Å². The second-order valence-corrected chi connectivity index (χ2v) is 11.0. The van der Waals surface area contributed by atoms with Gasteiger partial charge in [0.25, 0.3) is 0 Å². The van der Waals surface area contributed by atoms with E-state index in [4.69, 9.17) is 12.2 Å². The van der Waals surface area contributed by atoms with E-state index in [1.54, 1.807) is 0 Å². The number of fused-ring (bicyclic) bond motifs is 1. The highest BCUT2D eigenvalue weighted by Crippen LogP contribution is 2.19. The number of likely N-dealkylation sites (N-methyl/N-ethyl adjacent to an activating group) is 1. The zero-order valence-corrected chi connectivity index (χ0v) is 19.7. The molecule has 3 aromatic rings. The van der Waals surface area contributed by atoms with Crippen molar-refractivity contribution in [2.75, 3.05) is 25.1 Å². The third-order valence-corrected chi connectivity index (χ3v) is 7.99. The molecule has 1 aliphatic heterocycles. The Balaban J connectivity index is 1.46. The summed E-state index contributed by atoms with van der Waals surface area (Å²) in [7, 11) is -1.16. The number of rotatable bonds is 8. The van der Waals surface area contributed by atoms with Crippen molar-refractivity contribution >= 4 is 39.0 Å². The number of aryl methyl sites for hydroxylation is 2. The standard InChI is InChI=1S/C23H28N4O3S2/c1-25(15-22(28)24-19-12-14-32(29,30)16-19)17-27-21-10-6-5-9-20(21)26(23(27)31)13-11-18-7-3-2-4-8-18/h2-10,19H,11-17H2,1H3,(H,24,28). The van der Waals surface area contributed by atoms with Crippen LogP contribution in [0.15, 0.2) is 54.6 Å². The van der Waals surface area contributed by atoms with Crippen LogP contribution in [-0.2, 0) is 34.3 Å². The van der Waals surface area contributed by atoms with Crippen LogP contribution in [0, 0.1) is 4.77 Å². The van der Waals surface area contributed by atoms with Gasteiger partial charge in [-0.3, -0.25) is 9.69 Å². The molecule has 9 heteroatoms. The smallest absolute Gasteiger partial charge is 0.234 e. The van der Waals surface area contributed by atoms with Gasteiger partial charge in [0.1, 0.15) is 0 Å². The molecule has 0 bridgehead atoms. The first-order valence-electron chi connectivity index (χ1n) is 10.7. The van der Waals surface area contributed by atoms with Crippen LogP contribution in [0.3, 0.4) is 0 Å². The summed E-state index contributed by atoms with van der Waals surface area (Å²) in [5.74, 6) is 0.00217.